The quantitative estimate of drug-likeness (QED) is 0.772. The summed E-state index contributed by atoms with van der Waals surface area (Å²) in [6.45, 7) is 8.59. The maximum absolute atomic E-state index is 12.5. The standard InChI is InChI=1S/C20H25NO2S/c1-5-23-18-12-7-6-11-17(18)13-24-16(4)20(22)21-19-14(2)9-8-10-15(19)3/h6-12,16H,5,13H2,1-4H3,(H,21,22). The highest BCUT2D eigenvalue weighted by molar-refractivity contribution is 7.99. The fraction of sp³-hybridized carbons (Fsp3) is 0.350. The molecule has 4 heteroatoms. The van der Waals surface area contributed by atoms with Gasteiger partial charge in [-0.15, -0.1) is 11.8 Å². The normalized spacial score (nSPS) is 11.8. The van der Waals surface area contributed by atoms with Crippen LogP contribution in [0.2, 0.25) is 0 Å². The van der Waals surface area contributed by atoms with Gasteiger partial charge in [-0.2, -0.15) is 0 Å². The molecule has 1 atom stereocenters. The maximum atomic E-state index is 12.5. The number of rotatable bonds is 7. The van der Waals surface area contributed by atoms with Crippen LogP contribution in [0.1, 0.15) is 30.5 Å². The topological polar surface area (TPSA) is 38.3 Å². The Morgan fingerprint density at radius 2 is 1.79 bits per heavy atom. The number of carbonyl (C=O) groups excluding carboxylic acids is 1. The zero-order valence-corrected chi connectivity index (χ0v) is 15.6. The van der Waals surface area contributed by atoms with Gasteiger partial charge in [-0.3, -0.25) is 4.79 Å². The summed E-state index contributed by atoms with van der Waals surface area (Å²) in [5, 5.41) is 2.92. The first-order chi connectivity index (χ1) is 11.5. The third kappa shape index (κ3) is 4.78. The van der Waals surface area contributed by atoms with E-state index < -0.39 is 0 Å². The first-order valence-electron chi connectivity index (χ1n) is 8.22. The van der Waals surface area contributed by atoms with E-state index in [9.17, 15) is 4.79 Å². The second-order valence-corrected chi connectivity index (χ2v) is 7.08. The Morgan fingerprint density at radius 3 is 2.46 bits per heavy atom. The van der Waals surface area contributed by atoms with Crippen LogP contribution in [0.25, 0.3) is 0 Å². The van der Waals surface area contributed by atoms with Gasteiger partial charge in [-0.1, -0.05) is 36.4 Å². The van der Waals surface area contributed by atoms with Crippen molar-refractivity contribution in [2.24, 2.45) is 0 Å². The van der Waals surface area contributed by atoms with Gasteiger partial charge in [-0.05, 0) is 44.9 Å². The molecule has 0 fully saturated rings. The van der Waals surface area contributed by atoms with E-state index in [2.05, 4.69) is 5.32 Å². The van der Waals surface area contributed by atoms with E-state index in [1.807, 2.05) is 70.2 Å². The molecule has 1 unspecified atom stereocenters. The van der Waals surface area contributed by atoms with Crippen LogP contribution < -0.4 is 10.1 Å². The largest absolute Gasteiger partial charge is 0.494 e. The highest BCUT2D eigenvalue weighted by atomic mass is 32.2. The number of thioether (sulfide) groups is 1. The molecule has 1 amide bonds. The molecule has 24 heavy (non-hydrogen) atoms. The van der Waals surface area contributed by atoms with Gasteiger partial charge in [0.25, 0.3) is 0 Å². The Hall–Kier alpha value is -1.94. The molecule has 0 bridgehead atoms. The second kappa shape index (κ2) is 8.78. The monoisotopic (exact) mass is 343 g/mol. The van der Waals surface area contributed by atoms with Crippen molar-refractivity contribution in [2.75, 3.05) is 11.9 Å². The van der Waals surface area contributed by atoms with E-state index >= 15 is 0 Å². The Bertz CT molecular complexity index is 680. The zero-order chi connectivity index (χ0) is 17.5. The number of carbonyl (C=O) groups is 1. The van der Waals surface area contributed by atoms with Crippen LogP contribution in [0, 0.1) is 13.8 Å². The van der Waals surface area contributed by atoms with E-state index in [0.717, 1.165) is 33.9 Å². The average molecular weight is 343 g/mol. The minimum atomic E-state index is -0.140. The predicted molar refractivity (Wildman–Crippen MR) is 103 cm³/mol. The molecule has 2 rings (SSSR count). The summed E-state index contributed by atoms with van der Waals surface area (Å²) in [7, 11) is 0. The number of aryl methyl sites for hydroxylation is 2. The summed E-state index contributed by atoms with van der Waals surface area (Å²) in [6, 6.07) is 14.0. The molecule has 3 nitrogen and oxygen atoms in total. The van der Waals surface area contributed by atoms with Crippen LogP contribution in [-0.4, -0.2) is 17.8 Å². The first-order valence-corrected chi connectivity index (χ1v) is 9.27. The summed E-state index contributed by atoms with van der Waals surface area (Å²) >= 11 is 1.62. The summed E-state index contributed by atoms with van der Waals surface area (Å²) < 4.78 is 5.64. The van der Waals surface area contributed by atoms with E-state index in [4.69, 9.17) is 4.74 Å². The summed E-state index contributed by atoms with van der Waals surface area (Å²) in [6.07, 6.45) is 0. The molecular weight excluding hydrogens is 318 g/mol. The van der Waals surface area contributed by atoms with Gasteiger partial charge in [-0.25, -0.2) is 0 Å². The lowest BCUT2D eigenvalue weighted by atomic mass is 10.1. The Balaban J connectivity index is 1.97. The Morgan fingerprint density at radius 1 is 1.12 bits per heavy atom. The van der Waals surface area contributed by atoms with Gasteiger partial charge in [0, 0.05) is 17.0 Å². The molecule has 0 saturated heterocycles. The molecule has 0 aliphatic heterocycles. The summed E-state index contributed by atoms with van der Waals surface area (Å²) in [5.74, 6) is 1.68. The molecule has 0 aliphatic carbocycles. The lowest BCUT2D eigenvalue weighted by molar-refractivity contribution is -0.115. The van der Waals surface area contributed by atoms with E-state index in [1.54, 1.807) is 11.8 Å². The minimum absolute atomic E-state index is 0.0336. The fourth-order valence-electron chi connectivity index (χ4n) is 2.45. The molecule has 0 spiro atoms. The van der Waals surface area contributed by atoms with E-state index in [1.165, 1.54) is 0 Å². The molecule has 2 aromatic rings. The highest BCUT2D eigenvalue weighted by Gasteiger charge is 2.16. The fourth-order valence-corrected chi connectivity index (χ4v) is 3.32. The number of benzene rings is 2. The van der Waals surface area contributed by atoms with Crippen LogP contribution in [0.5, 0.6) is 5.75 Å². The third-order valence-corrected chi connectivity index (χ3v) is 5.05. The van der Waals surface area contributed by atoms with Crippen LogP contribution in [0.15, 0.2) is 42.5 Å². The van der Waals surface area contributed by atoms with E-state index in [-0.39, 0.29) is 11.2 Å². The van der Waals surface area contributed by atoms with E-state index in [0.29, 0.717) is 6.61 Å². The van der Waals surface area contributed by atoms with Crippen LogP contribution >= 0.6 is 11.8 Å². The smallest absolute Gasteiger partial charge is 0.237 e. The van der Waals surface area contributed by atoms with Gasteiger partial charge in [0.15, 0.2) is 0 Å². The van der Waals surface area contributed by atoms with Crippen LogP contribution in [0.4, 0.5) is 5.69 Å². The van der Waals surface area contributed by atoms with Crippen LogP contribution in [0.3, 0.4) is 0 Å². The molecule has 0 heterocycles. The van der Waals surface area contributed by atoms with Gasteiger partial charge >= 0.3 is 0 Å². The Kier molecular flexibility index (Phi) is 6.73. The third-order valence-electron chi connectivity index (χ3n) is 3.86. The predicted octanol–water partition coefficient (Wildman–Crippen LogP) is 4.96. The molecule has 0 radical (unpaired) electrons. The molecule has 2 aromatic carbocycles. The molecule has 0 aliphatic rings. The van der Waals surface area contributed by atoms with Gasteiger partial charge in [0.2, 0.25) is 5.91 Å². The van der Waals surface area contributed by atoms with Gasteiger partial charge in [0.05, 0.1) is 11.9 Å². The number of hydrogen-bond acceptors (Lipinski definition) is 3. The van der Waals surface area contributed by atoms with Crippen molar-refractivity contribution in [3.63, 3.8) is 0 Å². The zero-order valence-electron chi connectivity index (χ0n) is 14.8. The molecule has 0 aromatic heterocycles. The van der Waals surface area contributed by atoms with Crippen LogP contribution in [-0.2, 0) is 10.5 Å². The summed E-state index contributed by atoms with van der Waals surface area (Å²) in [4.78, 5) is 12.5. The number of amides is 1. The number of nitrogens with one attached hydrogen (secondary N) is 1. The summed E-state index contributed by atoms with van der Waals surface area (Å²) in [5.41, 5.74) is 4.21. The number of ether oxygens (including phenoxy) is 1. The van der Waals surface area contributed by atoms with Crippen molar-refractivity contribution in [3.05, 3.63) is 59.2 Å². The number of para-hydroxylation sites is 2. The first kappa shape index (κ1) is 18.4. The molecular formula is C20H25NO2S. The lowest BCUT2D eigenvalue weighted by Gasteiger charge is -2.16. The van der Waals surface area contributed by atoms with Gasteiger partial charge < -0.3 is 10.1 Å². The van der Waals surface area contributed by atoms with Crippen molar-refractivity contribution in [1.29, 1.82) is 0 Å². The molecule has 128 valence electrons. The van der Waals surface area contributed by atoms with Gasteiger partial charge in [0.1, 0.15) is 5.75 Å². The maximum Gasteiger partial charge on any atom is 0.237 e. The lowest BCUT2D eigenvalue weighted by Crippen LogP contribution is -2.23. The van der Waals surface area contributed by atoms with Crippen molar-refractivity contribution in [1.82, 2.24) is 0 Å². The van der Waals surface area contributed by atoms with Crippen molar-refractivity contribution >= 4 is 23.4 Å². The van der Waals surface area contributed by atoms with Crippen molar-refractivity contribution in [2.45, 2.75) is 38.7 Å². The number of hydrogen-bond donors (Lipinski definition) is 1. The van der Waals surface area contributed by atoms with Crippen molar-refractivity contribution < 1.29 is 9.53 Å². The second-order valence-electron chi connectivity index (χ2n) is 5.75. The highest BCUT2D eigenvalue weighted by Crippen LogP contribution is 2.27. The van der Waals surface area contributed by atoms with Crippen molar-refractivity contribution in [3.8, 4) is 5.75 Å². The molecule has 0 saturated carbocycles. The molecule has 1 N–H and O–H groups in total. The Labute approximate surface area is 148 Å². The minimum Gasteiger partial charge on any atom is -0.494 e. The number of anilines is 1. The SMILES string of the molecule is CCOc1ccccc1CSC(C)C(=O)Nc1c(C)cccc1C. The average Bonchev–Trinajstić information content (AvgIpc) is 2.57.